The third-order valence-electron chi connectivity index (χ3n) is 2.65. The molecule has 3 nitrogen and oxygen atoms in total. The first-order valence-corrected chi connectivity index (χ1v) is 5.85. The summed E-state index contributed by atoms with van der Waals surface area (Å²) in [5, 5.41) is 8.32. The maximum absolute atomic E-state index is 5.83. The quantitative estimate of drug-likeness (QED) is 0.766. The summed E-state index contributed by atoms with van der Waals surface area (Å²) in [5.41, 5.74) is 2.32. The Kier molecular flexibility index (Phi) is 3.25. The lowest BCUT2D eigenvalue weighted by Gasteiger charge is -2.07. The van der Waals surface area contributed by atoms with Gasteiger partial charge in [0.05, 0.1) is 5.88 Å². The summed E-state index contributed by atoms with van der Waals surface area (Å²) < 4.78 is 2.05. The number of aromatic nitrogens is 3. The van der Waals surface area contributed by atoms with E-state index in [-0.39, 0.29) is 0 Å². The Balaban J connectivity index is 2.56. The van der Waals surface area contributed by atoms with Crippen LogP contribution in [0.15, 0.2) is 24.3 Å². The van der Waals surface area contributed by atoms with Crippen LogP contribution in [0.2, 0.25) is 0 Å². The van der Waals surface area contributed by atoms with Gasteiger partial charge < -0.3 is 4.57 Å². The lowest BCUT2D eigenvalue weighted by atomic mass is 10.1. The molecular formula is C12H14ClN3. The normalized spacial score (nSPS) is 10.7. The van der Waals surface area contributed by atoms with Crippen molar-refractivity contribution < 1.29 is 0 Å². The molecule has 84 valence electrons. The standard InChI is InChI=1S/C12H14ClN3/c1-3-16-11(8-13)14-15-12(16)10-7-5-4-6-9(10)2/h4-7H,3,8H2,1-2H3. The van der Waals surface area contributed by atoms with E-state index >= 15 is 0 Å². The Labute approximate surface area is 100 Å². The fraction of sp³-hybridized carbons (Fsp3) is 0.333. The lowest BCUT2D eigenvalue weighted by molar-refractivity contribution is 0.730. The first-order chi connectivity index (χ1) is 7.77. The summed E-state index contributed by atoms with van der Waals surface area (Å²) in [5.74, 6) is 2.12. The maximum atomic E-state index is 5.83. The fourth-order valence-electron chi connectivity index (χ4n) is 1.79. The highest BCUT2D eigenvalue weighted by Crippen LogP contribution is 2.22. The van der Waals surface area contributed by atoms with E-state index in [0.29, 0.717) is 5.88 Å². The Hall–Kier alpha value is -1.35. The molecule has 0 aliphatic heterocycles. The van der Waals surface area contributed by atoms with Crippen molar-refractivity contribution in [3.05, 3.63) is 35.7 Å². The van der Waals surface area contributed by atoms with E-state index in [1.807, 2.05) is 12.1 Å². The highest BCUT2D eigenvalue weighted by molar-refractivity contribution is 6.16. The van der Waals surface area contributed by atoms with Crippen molar-refractivity contribution in [3.63, 3.8) is 0 Å². The first-order valence-electron chi connectivity index (χ1n) is 5.32. The van der Waals surface area contributed by atoms with E-state index < -0.39 is 0 Å². The summed E-state index contributed by atoms with van der Waals surface area (Å²) >= 11 is 5.83. The van der Waals surface area contributed by atoms with E-state index in [4.69, 9.17) is 11.6 Å². The Morgan fingerprint density at radius 2 is 2.00 bits per heavy atom. The molecule has 2 aromatic rings. The van der Waals surface area contributed by atoms with Crippen LogP contribution in [0.3, 0.4) is 0 Å². The number of hydrogen-bond acceptors (Lipinski definition) is 2. The second kappa shape index (κ2) is 4.66. The van der Waals surface area contributed by atoms with E-state index in [2.05, 4.69) is 40.7 Å². The van der Waals surface area contributed by atoms with Gasteiger partial charge in [0, 0.05) is 12.1 Å². The summed E-state index contributed by atoms with van der Waals surface area (Å²) in [6, 6.07) is 8.17. The van der Waals surface area contributed by atoms with Crippen molar-refractivity contribution in [2.75, 3.05) is 0 Å². The van der Waals surface area contributed by atoms with E-state index in [0.717, 1.165) is 23.8 Å². The molecule has 1 aromatic heterocycles. The minimum absolute atomic E-state index is 0.396. The smallest absolute Gasteiger partial charge is 0.164 e. The molecule has 0 radical (unpaired) electrons. The SMILES string of the molecule is CCn1c(CCl)nnc1-c1ccccc1C. The summed E-state index contributed by atoms with van der Waals surface area (Å²) in [6.45, 7) is 4.98. The average Bonchev–Trinajstić information content (AvgIpc) is 2.72. The molecule has 2 rings (SSSR count). The van der Waals surface area contributed by atoms with E-state index in [1.54, 1.807) is 0 Å². The molecule has 0 amide bonds. The van der Waals surface area contributed by atoms with Gasteiger partial charge in [-0.1, -0.05) is 24.3 Å². The molecule has 0 atom stereocenters. The third-order valence-corrected chi connectivity index (χ3v) is 2.89. The molecule has 4 heteroatoms. The molecule has 0 bridgehead atoms. The van der Waals surface area contributed by atoms with Crippen LogP contribution in [0.25, 0.3) is 11.4 Å². The summed E-state index contributed by atoms with van der Waals surface area (Å²) in [6.07, 6.45) is 0. The maximum Gasteiger partial charge on any atom is 0.164 e. The topological polar surface area (TPSA) is 30.7 Å². The van der Waals surface area contributed by atoms with Gasteiger partial charge in [0.25, 0.3) is 0 Å². The zero-order valence-electron chi connectivity index (χ0n) is 9.44. The monoisotopic (exact) mass is 235 g/mol. The second-order valence-corrected chi connectivity index (χ2v) is 3.90. The number of halogens is 1. The predicted octanol–water partition coefficient (Wildman–Crippen LogP) is 3.01. The van der Waals surface area contributed by atoms with Gasteiger partial charge in [0.2, 0.25) is 0 Å². The molecule has 0 saturated heterocycles. The van der Waals surface area contributed by atoms with Gasteiger partial charge in [-0.3, -0.25) is 0 Å². The van der Waals surface area contributed by atoms with Gasteiger partial charge in [0.1, 0.15) is 5.82 Å². The second-order valence-electron chi connectivity index (χ2n) is 3.63. The van der Waals surface area contributed by atoms with Crippen LogP contribution in [0.1, 0.15) is 18.3 Å². The van der Waals surface area contributed by atoms with Crippen LogP contribution in [-0.2, 0) is 12.4 Å². The number of benzene rings is 1. The Morgan fingerprint density at radius 3 is 2.62 bits per heavy atom. The average molecular weight is 236 g/mol. The van der Waals surface area contributed by atoms with Gasteiger partial charge in [-0.25, -0.2) is 0 Å². The van der Waals surface area contributed by atoms with Gasteiger partial charge in [-0.15, -0.1) is 21.8 Å². The molecule has 0 aliphatic rings. The minimum Gasteiger partial charge on any atom is -0.310 e. The summed E-state index contributed by atoms with van der Waals surface area (Å²) in [7, 11) is 0. The van der Waals surface area contributed by atoms with Crippen LogP contribution >= 0.6 is 11.6 Å². The van der Waals surface area contributed by atoms with Crippen molar-refractivity contribution in [1.29, 1.82) is 0 Å². The van der Waals surface area contributed by atoms with Crippen LogP contribution in [-0.4, -0.2) is 14.8 Å². The fourth-order valence-corrected chi connectivity index (χ4v) is 1.99. The summed E-state index contributed by atoms with van der Waals surface area (Å²) in [4.78, 5) is 0. The molecular weight excluding hydrogens is 222 g/mol. The predicted molar refractivity (Wildman–Crippen MR) is 65.4 cm³/mol. The Morgan fingerprint density at radius 1 is 1.25 bits per heavy atom. The Bertz CT molecular complexity index is 491. The van der Waals surface area contributed by atoms with Crippen molar-refractivity contribution >= 4 is 11.6 Å². The van der Waals surface area contributed by atoms with Crippen molar-refractivity contribution in [2.24, 2.45) is 0 Å². The molecule has 16 heavy (non-hydrogen) atoms. The molecule has 1 aromatic carbocycles. The molecule has 0 spiro atoms. The molecule has 0 aliphatic carbocycles. The molecule has 0 unspecified atom stereocenters. The van der Waals surface area contributed by atoms with E-state index in [9.17, 15) is 0 Å². The van der Waals surface area contributed by atoms with Gasteiger partial charge in [-0.2, -0.15) is 0 Å². The third kappa shape index (κ3) is 1.83. The molecule has 0 saturated carbocycles. The number of hydrogen-bond donors (Lipinski definition) is 0. The van der Waals surface area contributed by atoms with Crippen LogP contribution in [0, 0.1) is 6.92 Å². The number of aryl methyl sites for hydroxylation is 1. The van der Waals surface area contributed by atoms with E-state index in [1.165, 1.54) is 5.56 Å². The van der Waals surface area contributed by atoms with Gasteiger partial charge >= 0.3 is 0 Å². The van der Waals surface area contributed by atoms with Gasteiger partial charge in [0.15, 0.2) is 5.82 Å². The highest BCUT2D eigenvalue weighted by atomic mass is 35.5. The molecule has 0 fully saturated rings. The molecule has 0 N–H and O–H groups in total. The zero-order chi connectivity index (χ0) is 11.5. The van der Waals surface area contributed by atoms with Gasteiger partial charge in [-0.05, 0) is 19.4 Å². The lowest BCUT2D eigenvalue weighted by Crippen LogP contribution is -2.02. The van der Waals surface area contributed by atoms with Crippen LogP contribution in [0.5, 0.6) is 0 Å². The number of rotatable bonds is 3. The minimum atomic E-state index is 0.396. The van der Waals surface area contributed by atoms with Crippen molar-refractivity contribution in [1.82, 2.24) is 14.8 Å². The zero-order valence-corrected chi connectivity index (χ0v) is 10.2. The van der Waals surface area contributed by atoms with Crippen LogP contribution in [0.4, 0.5) is 0 Å². The number of alkyl halides is 1. The first kappa shape index (κ1) is 11.1. The van der Waals surface area contributed by atoms with Crippen LogP contribution < -0.4 is 0 Å². The van der Waals surface area contributed by atoms with Crippen molar-refractivity contribution in [2.45, 2.75) is 26.3 Å². The largest absolute Gasteiger partial charge is 0.310 e. The molecule has 1 heterocycles. The highest BCUT2D eigenvalue weighted by Gasteiger charge is 2.12. The van der Waals surface area contributed by atoms with Crippen molar-refractivity contribution in [3.8, 4) is 11.4 Å². The number of nitrogens with zero attached hydrogens (tertiary/aromatic N) is 3.